The second-order valence-corrected chi connectivity index (χ2v) is 6.55. The van der Waals surface area contributed by atoms with Gasteiger partial charge in [0.2, 0.25) is 10.0 Å². The van der Waals surface area contributed by atoms with Crippen LogP contribution in [0, 0.1) is 0 Å². The maximum Gasteiger partial charge on any atom is 0.242 e. The molecule has 7 nitrogen and oxygen atoms in total. The SMILES string of the molecule is O=S(=O)(NCc1ccon1)c1cc(CO)n(C2CC2)c1. The molecule has 0 aliphatic heterocycles. The third-order valence-electron chi connectivity index (χ3n) is 3.25. The summed E-state index contributed by atoms with van der Waals surface area (Å²) in [6.45, 7) is -0.1000. The molecule has 108 valence electrons. The van der Waals surface area contributed by atoms with E-state index in [-0.39, 0.29) is 18.0 Å². The number of aliphatic hydroxyl groups excluding tert-OH is 1. The van der Waals surface area contributed by atoms with Gasteiger partial charge in [-0.05, 0) is 18.9 Å². The van der Waals surface area contributed by atoms with E-state index < -0.39 is 10.0 Å². The molecule has 2 N–H and O–H groups in total. The Morgan fingerprint density at radius 3 is 2.90 bits per heavy atom. The Balaban J connectivity index is 1.79. The smallest absolute Gasteiger partial charge is 0.242 e. The van der Waals surface area contributed by atoms with Gasteiger partial charge in [0.05, 0.1) is 23.7 Å². The van der Waals surface area contributed by atoms with E-state index in [0.29, 0.717) is 17.4 Å². The number of aliphatic hydroxyl groups is 1. The highest BCUT2D eigenvalue weighted by Crippen LogP contribution is 2.37. The minimum atomic E-state index is -3.62. The van der Waals surface area contributed by atoms with Gasteiger partial charge in [-0.25, -0.2) is 13.1 Å². The summed E-state index contributed by atoms with van der Waals surface area (Å²) in [5.41, 5.74) is 1.13. The zero-order chi connectivity index (χ0) is 14.2. The van der Waals surface area contributed by atoms with Crippen LogP contribution in [0.1, 0.15) is 30.3 Å². The van der Waals surface area contributed by atoms with Gasteiger partial charge in [0.15, 0.2) is 0 Å². The molecule has 8 heteroatoms. The summed E-state index contributed by atoms with van der Waals surface area (Å²) in [5.74, 6) is 0. The van der Waals surface area contributed by atoms with Crippen LogP contribution in [0.15, 0.2) is 34.0 Å². The lowest BCUT2D eigenvalue weighted by atomic mass is 10.4. The second kappa shape index (κ2) is 5.04. The van der Waals surface area contributed by atoms with Gasteiger partial charge < -0.3 is 14.2 Å². The fourth-order valence-electron chi connectivity index (χ4n) is 2.04. The number of hydrogen-bond donors (Lipinski definition) is 2. The molecule has 1 aliphatic rings. The third-order valence-corrected chi connectivity index (χ3v) is 4.62. The number of hydrogen-bond acceptors (Lipinski definition) is 5. The predicted octanol–water partition coefficient (Wildman–Crippen LogP) is 0.782. The lowest BCUT2D eigenvalue weighted by Crippen LogP contribution is -2.23. The van der Waals surface area contributed by atoms with Crippen LogP contribution < -0.4 is 4.72 Å². The van der Waals surface area contributed by atoms with Crippen molar-refractivity contribution in [3.8, 4) is 0 Å². The quantitative estimate of drug-likeness (QED) is 0.821. The highest BCUT2D eigenvalue weighted by atomic mass is 32.2. The third kappa shape index (κ3) is 2.62. The largest absolute Gasteiger partial charge is 0.390 e. The van der Waals surface area contributed by atoms with E-state index in [1.165, 1.54) is 12.3 Å². The molecule has 20 heavy (non-hydrogen) atoms. The summed E-state index contributed by atoms with van der Waals surface area (Å²) < 4.78 is 33.3. The molecule has 2 aromatic heterocycles. The monoisotopic (exact) mass is 297 g/mol. The molecule has 2 heterocycles. The highest BCUT2D eigenvalue weighted by Gasteiger charge is 2.28. The van der Waals surface area contributed by atoms with E-state index in [1.54, 1.807) is 12.3 Å². The van der Waals surface area contributed by atoms with Gasteiger partial charge in [0.1, 0.15) is 6.26 Å². The fourth-order valence-corrected chi connectivity index (χ4v) is 3.09. The van der Waals surface area contributed by atoms with Crippen molar-refractivity contribution in [2.45, 2.75) is 36.9 Å². The first-order valence-corrected chi connectivity index (χ1v) is 7.79. The van der Waals surface area contributed by atoms with Crippen molar-refractivity contribution in [1.82, 2.24) is 14.4 Å². The van der Waals surface area contributed by atoms with Crippen LogP contribution in [0.2, 0.25) is 0 Å². The summed E-state index contributed by atoms with van der Waals surface area (Å²) in [6.07, 6.45) is 5.01. The van der Waals surface area contributed by atoms with E-state index in [0.717, 1.165) is 12.8 Å². The average Bonchev–Trinajstić information content (AvgIpc) is 2.98. The Morgan fingerprint density at radius 1 is 1.50 bits per heavy atom. The van der Waals surface area contributed by atoms with E-state index in [4.69, 9.17) is 0 Å². The van der Waals surface area contributed by atoms with Gasteiger partial charge in [0, 0.05) is 24.0 Å². The van der Waals surface area contributed by atoms with Gasteiger partial charge >= 0.3 is 0 Å². The van der Waals surface area contributed by atoms with Crippen molar-refractivity contribution in [3.63, 3.8) is 0 Å². The van der Waals surface area contributed by atoms with Crippen LogP contribution in [0.25, 0.3) is 0 Å². The van der Waals surface area contributed by atoms with Gasteiger partial charge in [-0.2, -0.15) is 0 Å². The number of sulfonamides is 1. The number of nitrogens with one attached hydrogen (secondary N) is 1. The Hall–Kier alpha value is -1.64. The van der Waals surface area contributed by atoms with Crippen molar-refractivity contribution in [2.24, 2.45) is 0 Å². The molecule has 0 amide bonds. The molecule has 0 aromatic carbocycles. The first-order valence-electron chi connectivity index (χ1n) is 6.30. The molecular weight excluding hydrogens is 282 g/mol. The summed E-state index contributed by atoms with van der Waals surface area (Å²) in [7, 11) is -3.62. The van der Waals surface area contributed by atoms with Crippen LogP contribution in [0.3, 0.4) is 0 Å². The molecule has 1 aliphatic carbocycles. The Bertz CT molecular complexity index is 686. The van der Waals surface area contributed by atoms with E-state index in [9.17, 15) is 13.5 Å². The molecule has 0 saturated heterocycles. The zero-order valence-corrected chi connectivity index (χ0v) is 11.5. The standard InChI is InChI=1S/C12H15N3O4S/c16-8-11-5-12(7-15(11)10-1-2-10)20(17,18)13-6-9-3-4-19-14-9/h3-5,7,10,13,16H,1-2,6,8H2. The zero-order valence-electron chi connectivity index (χ0n) is 10.7. The summed E-state index contributed by atoms with van der Waals surface area (Å²) >= 11 is 0. The number of nitrogens with zero attached hydrogens (tertiary/aromatic N) is 2. The molecule has 0 radical (unpaired) electrons. The van der Waals surface area contributed by atoms with Crippen molar-refractivity contribution >= 4 is 10.0 Å². The first-order chi connectivity index (χ1) is 9.60. The minimum absolute atomic E-state index is 0.0713. The Kier molecular flexibility index (Phi) is 3.36. The molecule has 0 unspecified atom stereocenters. The predicted molar refractivity (Wildman–Crippen MR) is 69.2 cm³/mol. The van der Waals surface area contributed by atoms with E-state index in [1.807, 2.05) is 4.57 Å². The second-order valence-electron chi connectivity index (χ2n) is 4.78. The van der Waals surface area contributed by atoms with Crippen molar-refractivity contribution < 1.29 is 18.0 Å². The van der Waals surface area contributed by atoms with Crippen molar-refractivity contribution in [2.75, 3.05) is 0 Å². The number of rotatable bonds is 6. The maximum absolute atomic E-state index is 12.2. The van der Waals surface area contributed by atoms with E-state index in [2.05, 4.69) is 14.4 Å². The lowest BCUT2D eigenvalue weighted by molar-refractivity contribution is 0.270. The van der Waals surface area contributed by atoms with Gasteiger partial charge in [0.25, 0.3) is 0 Å². The average molecular weight is 297 g/mol. The summed E-state index contributed by atoms with van der Waals surface area (Å²) in [6, 6.07) is 3.41. The lowest BCUT2D eigenvalue weighted by Gasteiger charge is -2.03. The maximum atomic E-state index is 12.2. The fraction of sp³-hybridized carbons (Fsp3) is 0.417. The van der Waals surface area contributed by atoms with Crippen LogP contribution in [-0.2, 0) is 23.2 Å². The molecule has 0 atom stereocenters. The topological polar surface area (TPSA) is 97.4 Å². The van der Waals surface area contributed by atoms with Gasteiger partial charge in [-0.3, -0.25) is 0 Å². The molecule has 0 spiro atoms. The molecule has 0 bridgehead atoms. The molecule has 2 aromatic rings. The van der Waals surface area contributed by atoms with Crippen molar-refractivity contribution in [3.05, 3.63) is 36.0 Å². The summed E-state index contributed by atoms with van der Waals surface area (Å²) in [4.78, 5) is 0.164. The minimum Gasteiger partial charge on any atom is -0.390 e. The van der Waals surface area contributed by atoms with E-state index >= 15 is 0 Å². The Labute approximate surface area is 116 Å². The van der Waals surface area contributed by atoms with Crippen LogP contribution in [-0.4, -0.2) is 23.2 Å². The number of aromatic nitrogens is 2. The van der Waals surface area contributed by atoms with Crippen LogP contribution >= 0.6 is 0 Å². The van der Waals surface area contributed by atoms with Crippen LogP contribution in [0.4, 0.5) is 0 Å². The highest BCUT2D eigenvalue weighted by molar-refractivity contribution is 7.89. The normalized spacial score (nSPS) is 15.7. The molecular formula is C12H15N3O4S. The van der Waals surface area contributed by atoms with Gasteiger partial charge in [-0.1, -0.05) is 5.16 Å². The molecule has 3 rings (SSSR count). The first kappa shape index (κ1) is 13.3. The molecule has 1 fully saturated rings. The van der Waals surface area contributed by atoms with Gasteiger partial charge in [-0.15, -0.1) is 0 Å². The van der Waals surface area contributed by atoms with Crippen LogP contribution in [0.5, 0.6) is 0 Å². The molecule has 1 saturated carbocycles. The summed E-state index contributed by atoms with van der Waals surface area (Å²) in [5, 5.41) is 12.9. The van der Waals surface area contributed by atoms with Crippen molar-refractivity contribution in [1.29, 1.82) is 0 Å². The Morgan fingerprint density at radius 2 is 2.30 bits per heavy atom.